The van der Waals surface area contributed by atoms with E-state index in [9.17, 15) is 4.79 Å². The molecule has 0 aliphatic heterocycles. The molecule has 2 heteroatoms. The zero-order chi connectivity index (χ0) is 14.5. The highest BCUT2D eigenvalue weighted by Gasteiger charge is 2.19. The van der Waals surface area contributed by atoms with Crippen molar-refractivity contribution in [3.63, 3.8) is 0 Å². The molecule has 0 saturated carbocycles. The zero-order valence-corrected chi connectivity index (χ0v) is 13.7. The second-order valence-corrected chi connectivity index (χ2v) is 5.98. The monoisotopic (exact) mass is 269 g/mol. The quantitative estimate of drug-likeness (QED) is 0.455. The van der Waals surface area contributed by atoms with Gasteiger partial charge in [-0.2, -0.15) is 0 Å². The van der Waals surface area contributed by atoms with Gasteiger partial charge in [-0.25, -0.2) is 0 Å². The van der Waals surface area contributed by atoms with Crippen LogP contribution in [0.4, 0.5) is 0 Å². The Balaban J connectivity index is 3.93. The van der Waals surface area contributed by atoms with Crippen LogP contribution in [0.2, 0.25) is 0 Å². The van der Waals surface area contributed by atoms with Crippen molar-refractivity contribution in [1.29, 1.82) is 0 Å². The Labute approximate surface area is 120 Å². The summed E-state index contributed by atoms with van der Waals surface area (Å²) in [5, 5.41) is 0. The van der Waals surface area contributed by atoms with Crippen molar-refractivity contribution < 1.29 is 4.79 Å². The van der Waals surface area contributed by atoms with Gasteiger partial charge in [0.15, 0.2) is 0 Å². The molecule has 0 aromatic rings. The van der Waals surface area contributed by atoms with Gasteiger partial charge < -0.3 is 4.90 Å². The average molecular weight is 269 g/mol. The van der Waals surface area contributed by atoms with Gasteiger partial charge in [-0.15, -0.1) is 0 Å². The highest BCUT2D eigenvalue weighted by atomic mass is 16.2. The topological polar surface area (TPSA) is 20.3 Å². The minimum atomic E-state index is 0.272. The predicted molar refractivity (Wildman–Crippen MR) is 84.3 cm³/mol. The molecule has 1 atom stereocenters. The van der Waals surface area contributed by atoms with E-state index in [4.69, 9.17) is 0 Å². The summed E-state index contributed by atoms with van der Waals surface area (Å²) in [6, 6.07) is 0. The Morgan fingerprint density at radius 3 is 1.63 bits per heavy atom. The van der Waals surface area contributed by atoms with E-state index >= 15 is 0 Å². The van der Waals surface area contributed by atoms with Crippen molar-refractivity contribution in [3.05, 3.63) is 0 Å². The maximum Gasteiger partial charge on any atom is 0.225 e. The van der Waals surface area contributed by atoms with Crippen LogP contribution in [0, 0.1) is 5.92 Å². The van der Waals surface area contributed by atoms with Gasteiger partial charge in [0.2, 0.25) is 5.91 Å². The van der Waals surface area contributed by atoms with Crippen LogP contribution in [0.25, 0.3) is 0 Å². The molecule has 0 heterocycles. The number of unbranched alkanes of at least 4 members (excludes halogenated alkanes) is 7. The van der Waals surface area contributed by atoms with E-state index in [0.717, 1.165) is 12.8 Å². The summed E-state index contributed by atoms with van der Waals surface area (Å²) in [6.07, 6.45) is 13.7. The van der Waals surface area contributed by atoms with E-state index < -0.39 is 0 Å². The number of amides is 1. The molecule has 0 spiro atoms. The highest BCUT2D eigenvalue weighted by Crippen LogP contribution is 2.20. The van der Waals surface area contributed by atoms with Gasteiger partial charge in [0.05, 0.1) is 0 Å². The van der Waals surface area contributed by atoms with Gasteiger partial charge in [0.25, 0.3) is 0 Å². The Hall–Kier alpha value is -0.530. The maximum absolute atomic E-state index is 12.2. The summed E-state index contributed by atoms with van der Waals surface area (Å²) in [4.78, 5) is 13.9. The molecule has 0 radical (unpaired) electrons. The van der Waals surface area contributed by atoms with Crippen molar-refractivity contribution in [2.75, 3.05) is 14.1 Å². The molecular formula is C17H35NO. The second kappa shape index (κ2) is 12.5. The minimum Gasteiger partial charge on any atom is -0.349 e. The van der Waals surface area contributed by atoms with Crippen molar-refractivity contribution in [2.45, 2.75) is 84.5 Å². The van der Waals surface area contributed by atoms with Gasteiger partial charge in [-0.05, 0) is 12.8 Å². The first-order valence-corrected chi connectivity index (χ1v) is 8.34. The normalized spacial score (nSPS) is 12.4. The number of nitrogens with zero attached hydrogens (tertiary/aromatic N) is 1. The van der Waals surface area contributed by atoms with Gasteiger partial charge in [-0.1, -0.05) is 71.6 Å². The van der Waals surface area contributed by atoms with Crippen LogP contribution < -0.4 is 0 Å². The summed E-state index contributed by atoms with van der Waals surface area (Å²) in [5.74, 6) is 0.612. The number of carbonyl (C=O) groups is 1. The summed E-state index contributed by atoms with van der Waals surface area (Å²) in [5.41, 5.74) is 0. The molecule has 0 rings (SSSR count). The smallest absolute Gasteiger partial charge is 0.225 e. The largest absolute Gasteiger partial charge is 0.349 e. The molecule has 0 N–H and O–H groups in total. The van der Waals surface area contributed by atoms with Gasteiger partial charge in [-0.3, -0.25) is 4.79 Å². The fourth-order valence-electron chi connectivity index (χ4n) is 2.57. The SMILES string of the molecule is CCCCCCCC(CCCCCC)C(=O)N(C)C. The molecule has 114 valence electrons. The van der Waals surface area contributed by atoms with Gasteiger partial charge >= 0.3 is 0 Å². The fourth-order valence-corrected chi connectivity index (χ4v) is 2.57. The molecule has 0 saturated heterocycles. The van der Waals surface area contributed by atoms with E-state index in [1.807, 2.05) is 14.1 Å². The van der Waals surface area contributed by atoms with Crippen LogP contribution in [0.1, 0.15) is 84.5 Å². The standard InChI is InChI=1S/C17H35NO/c1-5-7-9-11-13-15-16(17(19)18(3)4)14-12-10-8-6-2/h16H,5-15H2,1-4H3. The third kappa shape index (κ3) is 9.98. The summed E-state index contributed by atoms with van der Waals surface area (Å²) < 4.78 is 0. The van der Waals surface area contributed by atoms with Crippen LogP contribution in [0.3, 0.4) is 0 Å². The lowest BCUT2D eigenvalue weighted by Crippen LogP contribution is -2.29. The number of rotatable bonds is 12. The average Bonchev–Trinajstić information content (AvgIpc) is 2.40. The summed E-state index contributed by atoms with van der Waals surface area (Å²) >= 11 is 0. The van der Waals surface area contributed by atoms with Crippen molar-refractivity contribution >= 4 is 5.91 Å². The van der Waals surface area contributed by atoms with E-state index in [1.165, 1.54) is 57.8 Å². The van der Waals surface area contributed by atoms with E-state index in [-0.39, 0.29) is 5.92 Å². The lowest BCUT2D eigenvalue weighted by molar-refractivity contribution is -0.133. The molecule has 0 aliphatic carbocycles. The van der Waals surface area contributed by atoms with Crippen molar-refractivity contribution in [3.8, 4) is 0 Å². The molecule has 19 heavy (non-hydrogen) atoms. The molecule has 1 unspecified atom stereocenters. The first-order chi connectivity index (χ1) is 9.13. The molecule has 2 nitrogen and oxygen atoms in total. The Morgan fingerprint density at radius 1 is 0.789 bits per heavy atom. The van der Waals surface area contributed by atoms with Crippen LogP contribution in [0.5, 0.6) is 0 Å². The molecule has 0 bridgehead atoms. The number of hydrogen-bond acceptors (Lipinski definition) is 1. The number of hydrogen-bond donors (Lipinski definition) is 0. The van der Waals surface area contributed by atoms with Crippen LogP contribution in [-0.4, -0.2) is 24.9 Å². The van der Waals surface area contributed by atoms with E-state index in [0.29, 0.717) is 5.91 Å². The highest BCUT2D eigenvalue weighted by molar-refractivity contribution is 5.78. The van der Waals surface area contributed by atoms with Gasteiger partial charge in [0, 0.05) is 20.0 Å². The minimum absolute atomic E-state index is 0.272. The molecule has 1 amide bonds. The lowest BCUT2D eigenvalue weighted by Gasteiger charge is -2.20. The van der Waals surface area contributed by atoms with E-state index in [2.05, 4.69) is 13.8 Å². The predicted octanol–water partition coefficient (Wildman–Crippen LogP) is 5.02. The van der Waals surface area contributed by atoms with Gasteiger partial charge in [0.1, 0.15) is 0 Å². The van der Waals surface area contributed by atoms with E-state index in [1.54, 1.807) is 4.90 Å². The van der Waals surface area contributed by atoms with Crippen molar-refractivity contribution in [1.82, 2.24) is 4.90 Å². The molecule has 0 aromatic carbocycles. The van der Waals surface area contributed by atoms with Crippen molar-refractivity contribution in [2.24, 2.45) is 5.92 Å². The zero-order valence-electron chi connectivity index (χ0n) is 13.7. The fraction of sp³-hybridized carbons (Fsp3) is 0.941. The summed E-state index contributed by atoms with van der Waals surface area (Å²) in [7, 11) is 3.77. The molecular weight excluding hydrogens is 234 g/mol. The first-order valence-electron chi connectivity index (χ1n) is 8.34. The first kappa shape index (κ1) is 18.5. The second-order valence-electron chi connectivity index (χ2n) is 5.98. The third-order valence-electron chi connectivity index (χ3n) is 3.85. The summed E-state index contributed by atoms with van der Waals surface area (Å²) in [6.45, 7) is 4.47. The molecule has 0 fully saturated rings. The number of carbonyl (C=O) groups excluding carboxylic acids is 1. The van der Waals surface area contributed by atoms with Crippen LogP contribution in [-0.2, 0) is 4.79 Å². The van der Waals surface area contributed by atoms with Crippen LogP contribution in [0.15, 0.2) is 0 Å². The molecule has 0 aliphatic rings. The lowest BCUT2D eigenvalue weighted by atomic mass is 9.93. The maximum atomic E-state index is 12.2. The molecule has 0 aromatic heterocycles. The Bertz CT molecular complexity index is 213. The van der Waals surface area contributed by atoms with Crippen LogP contribution >= 0.6 is 0 Å². The third-order valence-corrected chi connectivity index (χ3v) is 3.85. The Kier molecular flexibility index (Phi) is 12.2. The Morgan fingerprint density at radius 2 is 1.21 bits per heavy atom.